The summed E-state index contributed by atoms with van der Waals surface area (Å²) in [5, 5.41) is 17.9. The van der Waals surface area contributed by atoms with Crippen LogP contribution in [0.2, 0.25) is 0 Å². The third-order valence-electron chi connectivity index (χ3n) is 2.71. The van der Waals surface area contributed by atoms with Crippen LogP contribution in [0.3, 0.4) is 0 Å². The van der Waals surface area contributed by atoms with Crippen molar-refractivity contribution in [3.63, 3.8) is 0 Å². The van der Waals surface area contributed by atoms with Crippen molar-refractivity contribution in [1.82, 2.24) is 0 Å². The molecule has 0 spiro atoms. The molecule has 2 aromatic carbocycles. The summed E-state index contributed by atoms with van der Waals surface area (Å²) in [6.45, 7) is 1.90. The zero-order valence-corrected chi connectivity index (χ0v) is 14.5. The first-order valence-corrected chi connectivity index (χ1v) is 10.5. The van der Waals surface area contributed by atoms with Crippen LogP contribution in [-0.4, -0.2) is 11.4 Å². The Hall–Kier alpha value is -0.506. The van der Waals surface area contributed by atoms with Gasteiger partial charge in [-0.15, -0.1) is 0 Å². The van der Waals surface area contributed by atoms with E-state index in [1.807, 2.05) is 49.4 Å². The van der Waals surface area contributed by atoms with E-state index < -0.39 is 0 Å². The molecule has 0 bridgehead atoms. The summed E-state index contributed by atoms with van der Waals surface area (Å²) in [4.78, 5) is 0. The van der Waals surface area contributed by atoms with Crippen LogP contribution in [0.1, 0.15) is 18.9 Å². The second kappa shape index (κ2) is 8.62. The van der Waals surface area contributed by atoms with Crippen LogP contribution >= 0.6 is 28.5 Å². The molecule has 19 heavy (non-hydrogen) atoms. The maximum atomic E-state index is 7.99. The molecule has 0 aliphatic carbocycles. The minimum absolute atomic E-state index is 0.333. The number of halogens is 2. The van der Waals surface area contributed by atoms with Crippen molar-refractivity contribution in [3.8, 4) is 0 Å². The Balaban J connectivity index is 0.000000550. The van der Waals surface area contributed by atoms with Crippen LogP contribution in [0.25, 0.3) is 10.8 Å². The first-order valence-electron chi connectivity index (χ1n) is 5.62. The number of fused-ring (bicyclic) bond motifs is 1. The zero-order chi connectivity index (χ0) is 14.3. The molecule has 2 N–H and O–H groups in total. The third-order valence-corrected chi connectivity index (χ3v) is 2.71. The van der Waals surface area contributed by atoms with Crippen LogP contribution in [0, 0.1) is 10.8 Å². The Morgan fingerprint density at radius 3 is 2.26 bits per heavy atom. The van der Waals surface area contributed by atoms with E-state index in [4.69, 9.17) is 10.8 Å². The van der Waals surface area contributed by atoms with Crippen molar-refractivity contribution < 1.29 is 10.9 Å². The van der Waals surface area contributed by atoms with Gasteiger partial charge in [0.15, 0.2) is 0 Å². The Morgan fingerprint density at radius 2 is 1.63 bits per heavy atom. The van der Waals surface area contributed by atoms with Crippen molar-refractivity contribution in [1.29, 1.82) is 10.8 Å². The molecule has 0 aliphatic rings. The fourth-order valence-electron chi connectivity index (χ4n) is 1.78. The summed E-state index contributed by atoms with van der Waals surface area (Å²) < 4.78 is 0. The molecule has 104 valence electrons. The molecule has 2 rings (SSSR count). The van der Waals surface area contributed by atoms with Gasteiger partial charge in [-0.25, -0.2) is 0 Å². The Morgan fingerprint density at radius 1 is 1.05 bits per heavy atom. The molecule has 2 aromatic rings. The van der Waals surface area contributed by atoms with Crippen molar-refractivity contribution >= 4 is 50.6 Å². The minimum atomic E-state index is 0.333. The van der Waals surface area contributed by atoms with Crippen LogP contribution in [0.15, 0.2) is 42.5 Å². The Kier molecular flexibility index (Phi) is 7.51. The van der Waals surface area contributed by atoms with Gasteiger partial charge < -0.3 is 5.41 Å². The molecule has 0 atom stereocenters. The summed E-state index contributed by atoms with van der Waals surface area (Å²) in [6.07, 6.45) is 0.599. The third kappa shape index (κ3) is 4.52. The fourth-order valence-corrected chi connectivity index (χ4v) is 1.78. The summed E-state index contributed by atoms with van der Waals surface area (Å²) >= 11 is 6.00. The zero-order valence-electron chi connectivity index (χ0n) is 10.3. The van der Waals surface area contributed by atoms with E-state index in [1.54, 1.807) is 0 Å². The number of benzene rings is 2. The van der Waals surface area contributed by atoms with Gasteiger partial charge in [-0.1, -0.05) is 49.4 Å². The standard InChI is InChI=1S/C14H14N2.2BrH.Ni/c1-2-13(15)14(16)12-9-5-7-10-6-3-4-8-11(10)12;;;/h3-9,15-16H,2H2,1H3;2*1H;/q;;;+2/p-2. The molecule has 2 nitrogen and oxygen atoms in total. The van der Waals surface area contributed by atoms with E-state index in [1.165, 1.54) is 10.9 Å². The molecule has 0 fully saturated rings. The molecule has 0 saturated carbocycles. The predicted octanol–water partition coefficient (Wildman–Crippen LogP) is 5.33. The van der Waals surface area contributed by atoms with Gasteiger partial charge in [0, 0.05) is 5.56 Å². The van der Waals surface area contributed by atoms with Gasteiger partial charge in [-0.3, -0.25) is 5.41 Å². The van der Waals surface area contributed by atoms with Gasteiger partial charge in [0.25, 0.3) is 0 Å². The molecular formula is C14H14Br2N2Ni. The van der Waals surface area contributed by atoms with E-state index in [0.29, 0.717) is 17.8 Å². The van der Waals surface area contributed by atoms with E-state index in [2.05, 4.69) is 28.5 Å². The summed E-state index contributed by atoms with van der Waals surface area (Å²) in [5.74, 6) is 0. The van der Waals surface area contributed by atoms with Gasteiger partial charge in [0.2, 0.25) is 0 Å². The molecule has 0 saturated heterocycles. The summed E-state index contributed by atoms with van der Waals surface area (Å²) in [6, 6.07) is 13.9. The Bertz CT molecular complexity index is 579. The van der Waals surface area contributed by atoms with Crippen molar-refractivity contribution in [2.24, 2.45) is 0 Å². The van der Waals surface area contributed by atoms with Crippen molar-refractivity contribution in [2.75, 3.05) is 0 Å². The van der Waals surface area contributed by atoms with E-state index in [9.17, 15) is 0 Å². The van der Waals surface area contributed by atoms with E-state index >= 15 is 0 Å². The summed E-state index contributed by atoms with van der Waals surface area (Å²) in [7, 11) is 1.25. The predicted molar refractivity (Wildman–Crippen MR) is 86.6 cm³/mol. The van der Waals surface area contributed by atoms with Crippen LogP contribution in [0.4, 0.5) is 0 Å². The molecule has 5 heteroatoms. The van der Waals surface area contributed by atoms with E-state index in [-0.39, 0.29) is 0 Å². The van der Waals surface area contributed by atoms with Gasteiger partial charge in [0.05, 0.1) is 11.4 Å². The average molecular weight is 429 g/mol. The topological polar surface area (TPSA) is 47.7 Å². The average Bonchev–Trinajstić information content (AvgIpc) is 2.46. The van der Waals surface area contributed by atoms with Gasteiger partial charge in [-0.05, 0) is 17.2 Å². The number of nitrogens with one attached hydrogen (secondary N) is 2. The molecule has 0 radical (unpaired) electrons. The first kappa shape index (κ1) is 16.5. The van der Waals surface area contributed by atoms with Crippen molar-refractivity contribution in [3.05, 3.63) is 48.0 Å². The molecule has 0 aliphatic heterocycles. The number of hydrogen-bond acceptors (Lipinski definition) is 2. The second-order valence-electron chi connectivity index (χ2n) is 3.78. The van der Waals surface area contributed by atoms with E-state index in [0.717, 1.165) is 16.3 Å². The second-order valence-corrected chi connectivity index (χ2v) is 8.76. The Labute approximate surface area is 133 Å². The van der Waals surface area contributed by atoms with Crippen LogP contribution in [-0.2, 0) is 10.9 Å². The van der Waals surface area contributed by atoms with Gasteiger partial charge >= 0.3 is 39.3 Å². The van der Waals surface area contributed by atoms with Crippen molar-refractivity contribution in [2.45, 2.75) is 13.3 Å². The maximum absolute atomic E-state index is 7.99. The number of hydrogen-bond donors (Lipinski definition) is 2. The van der Waals surface area contributed by atoms with Crippen LogP contribution < -0.4 is 0 Å². The van der Waals surface area contributed by atoms with Gasteiger partial charge in [-0.2, -0.15) is 0 Å². The molecule has 0 aromatic heterocycles. The molecular weight excluding hydrogens is 415 g/mol. The summed E-state index contributed by atoms with van der Waals surface area (Å²) in [5.41, 5.74) is 1.57. The quantitative estimate of drug-likeness (QED) is 0.490. The molecule has 0 unspecified atom stereocenters. The molecule has 0 heterocycles. The normalized spacial score (nSPS) is 9.84. The molecule has 0 amide bonds. The van der Waals surface area contributed by atoms with Crippen LogP contribution in [0.5, 0.6) is 0 Å². The SMILES string of the molecule is CCC(=N)C(=N)c1cccc2ccccc12.[Br][Ni][Br]. The number of rotatable bonds is 3. The monoisotopic (exact) mass is 426 g/mol. The first-order chi connectivity index (χ1) is 9.15. The van der Waals surface area contributed by atoms with Gasteiger partial charge in [0.1, 0.15) is 0 Å². The fraction of sp³-hybridized carbons (Fsp3) is 0.143.